The number of hydrazone groups is 1. The highest BCUT2D eigenvalue weighted by atomic mass is 32.1. The summed E-state index contributed by atoms with van der Waals surface area (Å²) in [4.78, 5) is 14.8. The van der Waals surface area contributed by atoms with Gasteiger partial charge in [0, 0.05) is 15.1 Å². The molecule has 5 heteroatoms. The zero-order chi connectivity index (χ0) is 16.4. The van der Waals surface area contributed by atoms with Gasteiger partial charge < -0.3 is 0 Å². The van der Waals surface area contributed by atoms with Crippen LogP contribution in [0.15, 0.2) is 28.0 Å². The highest BCUT2D eigenvalue weighted by Crippen LogP contribution is 2.40. The summed E-state index contributed by atoms with van der Waals surface area (Å²) in [6.45, 7) is 6.93. The van der Waals surface area contributed by atoms with Crippen LogP contribution in [0.2, 0.25) is 0 Å². The highest BCUT2D eigenvalue weighted by molar-refractivity contribution is 7.11. The van der Waals surface area contributed by atoms with Gasteiger partial charge in [-0.05, 0) is 47.6 Å². The molecule has 1 amide bonds. The van der Waals surface area contributed by atoms with E-state index in [1.165, 1.54) is 10.4 Å². The maximum atomic E-state index is 12.4. The molecule has 23 heavy (non-hydrogen) atoms. The predicted molar refractivity (Wildman–Crippen MR) is 98.7 cm³/mol. The van der Waals surface area contributed by atoms with E-state index in [1.807, 2.05) is 22.9 Å². The summed E-state index contributed by atoms with van der Waals surface area (Å²) in [5.74, 6) is 0.603. The van der Waals surface area contributed by atoms with Gasteiger partial charge in [-0.15, -0.1) is 22.7 Å². The van der Waals surface area contributed by atoms with Crippen LogP contribution in [0.25, 0.3) is 0 Å². The molecule has 2 aromatic rings. The van der Waals surface area contributed by atoms with Crippen LogP contribution in [0.1, 0.15) is 52.9 Å². The SMILES string of the molecule is CC(C)(C)C1CCc2c(C(=O)N/N=C/c3cccs3)csc2C1. The first-order chi connectivity index (χ1) is 10.9. The fourth-order valence-corrected chi connectivity index (χ4v) is 4.77. The Hall–Kier alpha value is -1.46. The number of nitrogens with zero attached hydrogens (tertiary/aromatic N) is 1. The number of carbonyl (C=O) groups is 1. The minimum absolute atomic E-state index is 0.0930. The van der Waals surface area contributed by atoms with Gasteiger partial charge in [-0.3, -0.25) is 4.79 Å². The maximum absolute atomic E-state index is 12.4. The molecule has 1 atom stereocenters. The number of hydrogen-bond donors (Lipinski definition) is 1. The average Bonchev–Trinajstić information content (AvgIpc) is 3.14. The summed E-state index contributed by atoms with van der Waals surface area (Å²) in [5, 5.41) is 8.05. The van der Waals surface area contributed by atoms with Crippen molar-refractivity contribution in [3.8, 4) is 0 Å². The van der Waals surface area contributed by atoms with Crippen molar-refractivity contribution in [1.82, 2.24) is 5.43 Å². The Bertz CT molecular complexity index is 708. The summed E-state index contributed by atoms with van der Waals surface area (Å²) in [7, 11) is 0. The predicted octanol–water partition coefficient (Wildman–Crippen LogP) is 4.72. The second kappa shape index (κ2) is 6.57. The standard InChI is InChI=1S/C18H22N2OS2/c1-18(2,3)12-6-7-14-15(11-23-16(14)9-12)17(21)20-19-10-13-5-4-8-22-13/h4-5,8,10-12H,6-7,9H2,1-3H3,(H,20,21)/b19-10+. The van der Waals surface area contributed by atoms with Crippen LogP contribution < -0.4 is 5.43 Å². The van der Waals surface area contributed by atoms with Crippen molar-refractivity contribution in [2.45, 2.75) is 40.0 Å². The van der Waals surface area contributed by atoms with Gasteiger partial charge in [-0.2, -0.15) is 5.10 Å². The first kappa shape index (κ1) is 16.4. The molecule has 0 spiro atoms. The van der Waals surface area contributed by atoms with Crippen LogP contribution in [0, 0.1) is 11.3 Å². The summed E-state index contributed by atoms with van der Waals surface area (Å²) in [6.07, 6.45) is 4.94. The minimum Gasteiger partial charge on any atom is -0.267 e. The van der Waals surface area contributed by atoms with E-state index in [0.29, 0.717) is 11.3 Å². The van der Waals surface area contributed by atoms with Crippen molar-refractivity contribution in [3.63, 3.8) is 0 Å². The van der Waals surface area contributed by atoms with Gasteiger partial charge in [0.2, 0.25) is 0 Å². The van der Waals surface area contributed by atoms with E-state index in [1.54, 1.807) is 28.9 Å². The number of carbonyl (C=O) groups excluding carboxylic acids is 1. The Kier molecular flexibility index (Phi) is 4.69. The molecule has 122 valence electrons. The number of hydrogen-bond acceptors (Lipinski definition) is 4. The topological polar surface area (TPSA) is 41.5 Å². The van der Waals surface area contributed by atoms with Gasteiger partial charge in [-0.1, -0.05) is 26.8 Å². The number of fused-ring (bicyclic) bond motifs is 1. The Morgan fingerprint density at radius 1 is 1.39 bits per heavy atom. The summed E-state index contributed by atoms with van der Waals surface area (Å²) in [5.41, 5.74) is 5.03. The lowest BCUT2D eigenvalue weighted by Gasteiger charge is -2.33. The van der Waals surface area contributed by atoms with Crippen LogP contribution in [0.3, 0.4) is 0 Å². The molecule has 0 aromatic carbocycles. The van der Waals surface area contributed by atoms with Crippen molar-refractivity contribution in [2.24, 2.45) is 16.4 Å². The first-order valence-electron chi connectivity index (χ1n) is 7.91. The smallest absolute Gasteiger partial charge is 0.267 e. The maximum Gasteiger partial charge on any atom is 0.272 e. The van der Waals surface area contributed by atoms with Gasteiger partial charge in [-0.25, -0.2) is 5.43 Å². The number of amides is 1. The second-order valence-corrected chi connectivity index (χ2v) is 9.01. The van der Waals surface area contributed by atoms with Crippen molar-refractivity contribution in [2.75, 3.05) is 0 Å². The normalized spacial score (nSPS) is 18.1. The lowest BCUT2D eigenvalue weighted by molar-refractivity contribution is 0.0954. The third kappa shape index (κ3) is 3.72. The molecular formula is C18H22N2OS2. The molecule has 2 aromatic heterocycles. The molecule has 1 aliphatic rings. The van der Waals surface area contributed by atoms with Crippen molar-refractivity contribution in [1.29, 1.82) is 0 Å². The Morgan fingerprint density at radius 2 is 2.22 bits per heavy atom. The van der Waals surface area contributed by atoms with E-state index in [9.17, 15) is 4.79 Å². The second-order valence-electron chi connectivity index (χ2n) is 7.07. The first-order valence-corrected chi connectivity index (χ1v) is 9.67. The Labute approximate surface area is 145 Å². The van der Waals surface area contributed by atoms with Crippen molar-refractivity contribution < 1.29 is 4.79 Å². The van der Waals surface area contributed by atoms with E-state index in [0.717, 1.165) is 29.7 Å². The molecule has 0 aliphatic heterocycles. The third-order valence-corrected chi connectivity index (χ3v) is 6.38. The monoisotopic (exact) mass is 346 g/mol. The Balaban J connectivity index is 1.68. The molecule has 1 unspecified atom stereocenters. The van der Waals surface area contributed by atoms with Crippen LogP contribution in [0.4, 0.5) is 0 Å². The van der Waals surface area contributed by atoms with Crippen LogP contribution in [-0.2, 0) is 12.8 Å². The quantitative estimate of drug-likeness (QED) is 0.634. The van der Waals surface area contributed by atoms with Gasteiger partial charge in [0.25, 0.3) is 5.91 Å². The fourth-order valence-electron chi connectivity index (χ4n) is 3.02. The van der Waals surface area contributed by atoms with E-state index in [-0.39, 0.29) is 5.91 Å². The number of nitrogens with one attached hydrogen (secondary N) is 1. The zero-order valence-electron chi connectivity index (χ0n) is 13.8. The minimum atomic E-state index is -0.0930. The molecule has 0 saturated heterocycles. The zero-order valence-corrected chi connectivity index (χ0v) is 15.4. The van der Waals surface area contributed by atoms with E-state index < -0.39 is 0 Å². The largest absolute Gasteiger partial charge is 0.272 e. The third-order valence-electron chi connectivity index (χ3n) is 4.53. The summed E-state index contributed by atoms with van der Waals surface area (Å²) < 4.78 is 0. The van der Waals surface area contributed by atoms with Gasteiger partial charge in [0.1, 0.15) is 0 Å². The van der Waals surface area contributed by atoms with Crippen molar-refractivity contribution in [3.05, 3.63) is 43.8 Å². The number of thiophene rings is 2. The molecule has 1 N–H and O–H groups in total. The molecular weight excluding hydrogens is 324 g/mol. The van der Waals surface area contributed by atoms with Crippen molar-refractivity contribution >= 4 is 34.8 Å². The molecule has 3 nitrogen and oxygen atoms in total. The van der Waals surface area contributed by atoms with Gasteiger partial charge >= 0.3 is 0 Å². The lowest BCUT2D eigenvalue weighted by Crippen LogP contribution is -2.27. The molecule has 0 fully saturated rings. The summed E-state index contributed by atoms with van der Waals surface area (Å²) in [6, 6.07) is 3.94. The van der Waals surface area contributed by atoms with Gasteiger partial charge in [0.05, 0.1) is 11.8 Å². The lowest BCUT2D eigenvalue weighted by atomic mass is 9.72. The molecule has 0 bridgehead atoms. The van der Waals surface area contributed by atoms with E-state index in [2.05, 4.69) is 31.3 Å². The van der Waals surface area contributed by atoms with Gasteiger partial charge in [0.15, 0.2) is 0 Å². The summed E-state index contributed by atoms with van der Waals surface area (Å²) >= 11 is 3.32. The molecule has 0 saturated carbocycles. The molecule has 2 heterocycles. The van der Waals surface area contributed by atoms with Crippen LogP contribution >= 0.6 is 22.7 Å². The number of rotatable bonds is 3. The van der Waals surface area contributed by atoms with Crippen LogP contribution in [-0.4, -0.2) is 12.1 Å². The molecule has 1 aliphatic carbocycles. The fraction of sp³-hybridized carbons (Fsp3) is 0.444. The highest BCUT2D eigenvalue weighted by Gasteiger charge is 2.31. The van der Waals surface area contributed by atoms with E-state index >= 15 is 0 Å². The van der Waals surface area contributed by atoms with Crippen LogP contribution in [0.5, 0.6) is 0 Å². The Morgan fingerprint density at radius 3 is 2.91 bits per heavy atom. The average molecular weight is 347 g/mol. The molecule has 0 radical (unpaired) electrons. The molecule has 3 rings (SSSR count). The van der Waals surface area contributed by atoms with E-state index in [4.69, 9.17) is 0 Å².